The highest BCUT2D eigenvalue weighted by Crippen LogP contribution is 2.26. The van der Waals surface area contributed by atoms with Gasteiger partial charge >= 0.3 is 5.69 Å². The normalized spacial score (nSPS) is 10.4. The largest absolute Gasteiger partial charge is 0.395 e. The number of nitrogens with zero attached hydrogens (tertiary/aromatic N) is 3. The first kappa shape index (κ1) is 14.4. The third kappa shape index (κ3) is 3.66. The summed E-state index contributed by atoms with van der Waals surface area (Å²) in [6.45, 7) is 4.82. The molecule has 0 fully saturated rings. The molecule has 1 heterocycles. The van der Waals surface area contributed by atoms with Crippen molar-refractivity contribution in [3.05, 3.63) is 27.9 Å². The number of aliphatic hydroxyl groups is 1. The predicted octanol–water partition coefficient (Wildman–Crippen LogP) is 1.90. The summed E-state index contributed by atoms with van der Waals surface area (Å²) in [5, 5.41) is 20.0. The van der Waals surface area contributed by atoms with Gasteiger partial charge in [0.15, 0.2) is 0 Å². The van der Waals surface area contributed by atoms with E-state index in [1.165, 1.54) is 6.07 Å². The van der Waals surface area contributed by atoms with Crippen molar-refractivity contribution in [2.45, 2.75) is 26.7 Å². The molecule has 6 heteroatoms. The molecule has 0 bridgehead atoms. The monoisotopic (exact) mass is 253 g/mol. The van der Waals surface area contributed by atoms with Crippen molar-refractivity contribution in [3.8, 4) is 0 Å². The molecule has 0 aliphatic heterocycles. The molecular weight excluding hydrogens is 234 g/mol. The number of anilines is 1. The highest BCUT2D eigenvalue weighted by atomic mass is 16.6. The summed E-state index contributed by atoms with van der Waals surface area (Å²) in [4.78, 5) is 16.6. The van der Waals surface area contributed by atoms with E-state index in [1.54, 1.807) is 17.9 Å². The van der Waals surface area contributed by atoms with Crippen molar-refractivity contribution in [2.75, 3.05) is 24.6 Å². The molecular formula is C12H19N3O3. The van der Waals surface area contributed by atoms with Gasteiger partial charge in [0, 0.05) is 24.8 Å². The van der Waals surface area contributed by atoms with Gasteiger partial charge in [-0.05, 0) is 19.4 Å². The van der Waals surface area contributed by atoms with E-state index in [0.29, 0.717) is 18.9 Å². The van der Waals surface area contributed by atoms with Crippen LogP contribution in [0.5, 0.6) is 0 Å². The van der Waals surface area contributed by atoms with Gasteiger partial charge < -0.3 is 10.0 Å². The molecule has 0 aliphatic rings. The van der Waals surface area contributed by atoms with Crippen molar-refractivity contribution < 1.29 is 10.0 Å². The van der Waals surface area contributed by atoms with Gasteiger partial charge in [-0.2, -0.15) is 0 Å². The van der Waals surface area contributed by atoms with Crippen LogP contribution in [-0.2, 0) is 0 Å². The first-order chi connectivity index (χ1) is 8.60. The lowest BCUT2D eigenvalue weighted by molar-refractivity contribution is -0.384. The molecule has 0 amide bonds. The minimum Gasteiger partial charge on any atom is -0.395 e. The molecule has 0 atom stereocenters. The highest BCUT2D eigenvalue weighted by molar-refractivity contribution is 5.58. The first-order valence-corrected chi connectivity index (χ1v) is 6.08. The second kappa shape index (κ2) is 6.90. The zero-order valence-electron chi connectivity index (χ0n) is 10.8. The average molecular weight is 253 g/mol. The number of aryl methyl sites for hydroxylation is 1. The Balaban J connectivity index is 3.07. The first-order valence-electron chi connectivity index (χ1n) is 6.08. The zero-order valence-corrected chi connectivity index (χ0v) is 10.8. The Morgan fingerprint density at radius 1 is 1.44 bits per heavy atom. The average Bonchev–Trinajstić information content (AvgIpc) is 2.34. The van der Waals surface area contributed by atoms with Crippen LogP contribution in [0.2, 0.25) is 0 Å². The third-order valence-electron chi connectivity index (χ3n) is 2.64. The van der Waals surface area contributed by atoms with Gasteiger partial charge in [0.25, 0.3) is 0 Å². The second-order valence-electron chi connectivity index (χ2n) is 4.12. The number of nitro groups is 1. The van der Waals surface area contributed by atoms with Crippen LogP contribution in [0.15, 0.2) is 12.1 Å². The van der Waals surface area contributed by atoms with Crippen LogP contribution in [0.4, 0.5) is 11.5 Å². The quantitative estimate of drug-likeness (QED) is 0.593. The van der Waals surface area contributed by atoms with E-state index in [1.807, 2.05) is 0 Å². The van der Waals surface area contributed by atoms with E-state index in [-0.39, 0.29) is 12.3 Å². The van der Waals surface area contributed by atoms with E-state index >= 15 is 0 Å². The van der Waals surface area contributed by atoms with Crippen LogP contribution in [0.3, 0.4) is 0 Å². The van der Waals surface area contributed by atoms with Crippen molar-refractivity contribution in [1.29, 1.82) is 0 Å². The number of hydrogen-bond acceptors (Lipinski definition) is 5. The Morgan fingerprint density at radius 3 is 2.72 bits per heavy atom. The molecule has 1 aromatic rings. The van der Waals surface area contributed by atoms with E-state index in [2.05, 4.69) is 11.9 Å². The number of pyridine rings is 1. The van der Waals surface area contributed by atoms with Crippen molar-refractivity contribution in [1.82, 2.24) is 4.98 Å². The summed E-state index contributed by atoms with van der Waals surface area (Å²) >= 11 is 0. The lowest BCUT2D eigenvalue weighted by Gasteiger charge is -2.22. The summed E-state index contributed by atoms with van der Waals surface area (Å²) in [6, 6.07) is 3.09. The number of aliphatic hydroxyl groups excluding tert-OH is 1. The Hall–Kier alpha value is -1.69. The number of rotatable bonds is 7. The third-order valence-corrected chi connectivity index (χ3v) is 2.64. The summed E-state index contributed by atoms with van der Waals surface area (Å²) in [6.07, 6.45) is 1.90. The Labute approximate surface area is 106 Å². The van der Waals surface area contributed by atoms with Crippen LogP contribution in [0.25, 0.3) is 0 Å². The Kier molecular flexibility index (Phi) is 5.51. The van der Waals surface area contributed by atoms with E-state index < -0.39 is 4.92 Å². The zero-order chi connectivity index (χ0) is 13.5. The molecule has 1 N–H and O–H groups in total. The SMILES string of the molecule is CCCCN(CCO)c1nc(C)ccc1[N+](=O)[O-]. The van der Waals surface area contributed by atoms with Crippen molar-refractivity contribution in [2.24, 2.45) is 0 Å². The maximum absolute atomic E-state index is 11.0. The van der Waals surface area contributed by atoms with Gasteiger partial charge in [0.05, 0.1) is 11.5 Å². The fraction of sp³-hybridized carbons (Fsp3) is 0.583. The minimum absolute atomic E-state index is 0.00912. The van der Waals surface area contributed by atoms with Crippen LogP contribution in [0.1, 0.15) is 25.5 Å². The van der Waals surface area contributed by atoms with Crippen LogP contribution in [-0.4, -0.2) is 34.7 Å². The lowest BCUT2D eigenvalue weighted by atomic mass is 10.2. The number of aromatic nitrogens is 1. The fourth-order valence-corrected chi connectivity index (χ4v) is 1.70. The van der Waals surface area contributed by atoms with Gasteiger partial charge in [-0.1, -0.05) is 13.3 Å². The second-order valence-corrected chi connectivity index (χ2v) is 4.12. The van der Waals surface area contributed by atoms with Crippen LogP contribution in [0, 0.1) is 17.0 Å². The molecule has 1 aromatic heterocycles. The molecule has 0 aromatic carbocycles. The lowest BCUT2D eigenvalue weighted by Crippen LogP contribution is -2.29. The molecule has 0 radical (unpaired) electrons. The van der Waals surface area contributed by atoms with Gasteiger partial charge in [-0.25, -0.2) is 4.98 Å². The molecule has 6 nitrogen and oxygen atoms in total. The Bertz CT molecular complexity index is 410. The molecule has 0 saturated heterocycles. The maximum atomic E-state index is 11.0. The van der Waals surface area contributed by atoms with Gasteiger partial charge in [0.2, 0.25) is 5.82 Å². The summed E-state index contributed by atoms with van der Waals surface area (Å²) in [7, 11) is 0. The predicted molar refractivity (Wildman–Crippen MR) is 69.8 cm³/mol. The molecule has 1 rings (SSSR count). The number of unbranched alkanes of at least 4 members (excludes halogenated alkanes) is 1. The maximum Gasteiger partial charge on any atom is 0.311 e. The molecule has 0 spiro atoms. The minimum atomic E-state index is -0.432. The summed E-state index contributed by atoms with van der Waals surface area (Å²) in [5.41, 5.74) is 0.722. The molecule has 0 unspecified atom stereocenters. The molecule has 100 valence electrons. The highest BCUT2D eigenvalue weighted by Gasteiger charge is 2.20. The van der Waals surface area contributed by atoms with Crippen molar-refractivity contribution in [3.63, 3.8) is 0 Å². The van der Waals surface area contributed by atoms with E-state index in [9.17, 15) is 10.1 Å². The van der Waals surface area contributed by atoms with Gasteiger partial charge in [-0.15, -0.1) is 0 Å². The van der Waals surface area contributed by atoms with E-state index in [4.69, 9.17) is 5.11 Å². The van der Waals surface area contributed by atoms with Crippen LogP contribution >= 0.6 is 0 Å². The van der Waals surface area contributed by atoms with Gasteiger partial charge in [-0.3, -0.25) is 10.1 Å². The smallest absolute Gasteiger partial charge is 0.311 e. The van der Waals surface area contributed by atoms with Crippen LogP contribution < -0.4 is 4.90 Å². The standard InChI is InChI=1S/C12H19N3O3/c1-3-4-7-14(8-9-16)12-11(15(17)18)6-5-10(2)13-12/h5-6,16H,3-4,7-9H2,1-2H3. The molecule has 0 saturated carbocycles. The Morgan fingerprint density at radius 2 is 2.17 bits per heavy atom. The topological polar surface area (TPSA) is 79.5 Å². The van der Waals surface area contributed by atoms with E-state index in [0.717, 1.165) is 18.5 Å². The molecule has 18 heavy (non-hydrogen) atoms. The summed E-state index contributed by atoms with van der Waals surface area (Å²) < 4.78 is 0. The van der Waals surface area contributed by atoms with Crippen molar-refractivity contribution >= 4 is 11.5 Å². The van der Waals surface area contributed by atoms with Gasteiger partial charge in [0.1, 0.15) is 0 Å². The fourth-order valence-electron chi connectivity index (χ4n) is 1.70. The molecule has 0 aliphatic carbocycles. The summed E-state index contributed by atoms with van der Waals surface area (Å²) in [5.74, 6) is 0.350. The number of hydrogen-bond donors (Lipinski definition) is 1.